The number of methoxy groups -OCH3 is 1. The van der Waals surface area contributed by atoms with E-state index in [9.17, 15) is 14.4 Å². The van der Waals surface area contributed by atoms with Crippen LogP contribution in [0.2, 0.25) is 0 Å². The first kappa shape index (κ1) is 15.0. The summed E-state index contributed by atoms with van der Waals surface area (Å²) in [5.74, 6) is -0.379. The van der Waals surface area contributed by atoms with E-state index in [1.165, 1.54) is 0 Å². The third kappa shape index (κ3) is 4.30. The number of carbonyl (C=O) groups excluding carboxylic acids is 3. The number of nitrogens with one attached hydrogen (secondary N) is 1. The second kappa shape index (κ2) is 6.88. The molecule has 1 aliphatic heterocycles. The first-order chi connectivity index (χ1) is 10.1. The number of ketones is 1. The van der Waals surface area contributed by atoms with E-state index < -0.39 is 17.9 Å². The third-order valence-corrected chi connectivity index (χ3v) is 3.19. The molecule has 112 valence electrons. The monoisotopic (exact) mass is 291 g/mol. The molecule has 6 heteroatoms. The molecule has 2 rings (SSSR count). The Bertz CT molecular complexity index is 537. The molecule has 0 aliphatic carbocycles. The minimum Gasteiger partial charge on any atom is -0.497 e. The zero-order valence-electron chi connectivity index (χ0n) is 11.8. The van der Waals surface area contributed by atoms with E-state index in [1.54, 1.807) is 31.4 Å². The number of amides is 1. The molecule has 0 radical (unpaired) electrons. The number of Topliss-reactive ketones (excluding diaryl/α,β-unsaturated/α-hetero) is 1. The van der Waals surface area contributed by atoms with Crippen molar-refractivity contribution < 1.29 is 23.9 Å². The maximum absolute atomic E-state index is 11.8. The number of hydrogen-bond donors (Lipinski definition) is 1. The highest BCUT2D eigenvalue weighted by molar-refractivity contribution is 6.00. The zero-order chi connectivity index (χ0) is 15.2. The quantitative estimate of drug-likeness (QED) is 0.614. The fourth-order valence-electron chi connectivity index (χ4n) is 2.08. The molecule has 1 heterocycles. The summed E-state index contributed by atoms with van der Waals surface area (Å²) < 4.78 is 9.77. The van der Waals surface area contributed by atoms with Gasteiger partial charge in [-0.05, 0) is 17.7 Å². The van der Waals surface area contributed by atoms with Gasteiger partial charge in [-0.2, -0.15) is 0 Å². The highest BCUT2D eigenvalue weighted by atomic mass is 16.5. The predicted octanol–water partition coefficient (Wildman–Crippen LogP) is 0.629. The number of carbonyl (C=O) groups is 3. The van der Waals surface area contributed by atoms with E-state index in [2.05, 4.69) is 5.32 Å². The van der Waals surface area contributed by atoms with Crippen LogP contribution in [0.25, 0.3) is 0 Å². The van der Waals surface area contributed by atoms with Crippen LogP contribution in [0.3, 0.4) is 0 Å². The Morgan fingerprint density at radius 3 is 2.62 bits per heavy atom. The molecule has 21 heavy (non-hydrogen) atoms. The highest BCUT2D eigenvalue weighted by Gasteiger charge is 2.28. The molecule has 6 nitrogen and oxygen atoms in total. The molecule has 0 bridgehead atoms. The molecule has 1 amide bonds. The average molecular weight is 291 g/mol. The lowest BCUT2D eigenvalue weighted by atomic mass is 10.1. The lowest BCUT2D eigenvalue weighted by Gasteiger charge is -2.08. The zero-order valence-corrected chi connectivity index (χ0v) is 11.8. The molecule has 0 spiro atoms. The van der Waals surface area contributed by atoms with Crippen molar-refractivity contribution in [3.63, 3.8) is 0 Å². The van der Waals surface area contributed by atoms with Gasteiger partial charge in [-0.1, -0.05) is 12.1 Å². The first-order valence-corrected chi connectivity index (χ1v) is 6.69. The van der Waals surface area contributed by atoms with Crippen LogP contribution in [0, 0.1) is 0 Å². The van der Waals surface area contributed by atoms with Gasteiger partial charge in [-0.25, -0.2) is 4.79 Å². The number of esters is 1. The van der Waals surface area contributed by atoms with Crippen molar-refractivity contribution in [2.45, 2.75) is 25.3 Å². The summed E-state index contributed by atoms with van der Waals surface area (Å²) in [7, 11) is 1.57. The second-order valence-electron chi connectivity index (χ2n) is 4.82. The number of cyclic esters (lactones) is 1. The van der Waals surface area contributed by atoms with Gasteiger partial charge >= 0.3 is 5.97 Å². The van der Waals surface area contributed by atoms with E-state index in [0.29, 0.717) is 18.8 Å². The third-order valence-electron chi connectivity index (χ3n) is 3.19. The second-order valence-corrected chi connectivity index (χ2v) is 4.82. The van der Waals surface area contributed by atoms with Crippen molar-refractivity contribution in [1.82, 2.24) is 5.32 Å². The van der Waals surface area contributed by atoms with Crippen molar-refractivity contribution in [3.8, 4) is 5.75 Å². The topological polar surface area (TPSA) is 81.7 Å². The molecule has 0 saturated carbocycles. The fraction of sp³-hybridized carbons (Fsp3) is 0.400. The smallest absolute Gasteiger partial charge is 0.328 e. The van der Waals surface area contributed by atoms with Crippen LogP contribution in [-0.4, -0.2) is 37.4 Å². The van der Waals surface area contributed by atoms with Crippen LogP contribution in [0.1, 0.15) is 18.4 Å². The maximum atomic E-state index is 11.8. The summed E-state index contributed by atoms with van der Waals surface area (Å²) in [6.07, 6.45) is 0.388. The number of hydrogen-bond acceptors (Lipinski definition) is 5. The van der Waals surface area contributed by atoms with Gasteiger partial charge in [0.05, 0.1) is 20.1 Å². The van der Waals surface area contributed by atoms with Crippen molar-refractivity contribution in [3.05, 3.63) is 29.8 Å². The Hall–Kier alpha value is -2.37. The summed E-state index contributed by atoms with van der Waals surface area (Å²) in [5.41, 5.74) is 0.814. The molecule has 1 aromatic rings. The Morgan fingerprint density at radius 1 is 1.33 bits per heavy atom. The van der Waals surface area contributed by atoms with Gasteiger partial charge in [0, 0.05) is 12.8 Å². The lowest BCUT2D eigenvalue weighted by molar-refractivity contribution is -0.141. The number of rotatable bonds is 6. The summed E-state index contributed by atoms with van der Waals surface area (Å²) in [6.45, 7) is 0.309. The van der Waals surface area contributed by atoms with Crippen molar-refractivity contribution in [2.75, 3.05) is 13.7 Å². The number of benzene rings is 1. The summed E-state index contributed by atoms with van der Waals surface area (Å²) in [5, 5.41) is 2.51. The van der Waals surface area contributed by atoms with E-state index in [0.717, 1.165) is 5.56 Å². The summed E-state index contributed by atoms with van der Waals surface area (Å²) in [4.78, 5) is 34.7. The van der Waals surface area contributed by atoms with Gasteiger partial charge in [0.2, 0.25) is 5.91 Å². The average Bonchev–Trinajstić information content (AvgIpc) is 2.84. The Kier molecular flexibility index (Phi) is 4.92. The Labute approximate surface area is 122 Å². The molecule has 1 aliphatic rings. The number of ether oxygens (including phenoxy) is 2. The summed E-state index contributed by atoms with van der Waals surface area (Å²) >= 11 is 0. The minimum absolute atomic E-state index is 0.173. The van der Waals surface area contributed by atoms with Gasteiger partial charge in [0.25, 0.3) is 0 Å². The van der Waals surface area contributed by atoms with Crippen LogP contribution < -0.4 is 10.1 Å². The Balaban J connectivity index is 1.80. The molecular weight excluding hydrogens is 274 g/mol. The van der Waals surface area contributed by atoms with E-state index >= 15 is 0 Å². The van der Waals surface area contributed by atoms with E-state index in [4.69, 9.17) is 9.47 Å². The van der Waals surface area contributed by atoms with Crippen LogP contribution in [0.5, 0.6) is 5.75 Å². The van der Waals surface area contributed by atoms with Gasteiger partial charge in [-0.15, -0.1) is 0 Å². The van der Waals surface area contributed by atoms with Crippen LogP contribution >= 0.6 is 0 Å². The molecule has 0 unspecified atom stereocenters. The lowest BCUT2D eigenvalue weighted by Crippen LogP contribution is -2.38. The molecule has 1 atom stereocenters. The van der Waals surface area contributed by atoms with Crippen molar-refractivity contribution in [2.24, 2.45) is 0 Å². The standard InChI is InChI=1S/C15H17NO5/c1-20-12-4-2-10(3-5-12)8-11(17)9-14(18)16-13-6-7-21-15(13)19/h2-5,13H,6-9H2,1H3,(H,16,18)/t13-/m1/s1. The van der Waals surface area contributed by atoms with Gasteiger partial charge in [0.1, 0.15) is 17.6 Å². The normalized spacial score (nSPS) is 17.2. The predicted molar refractivity (Wildman–Crippen MR) is 73.8 cm³/mol. The van der Waals surface area contributed by atoms with E-state index in [1.807, 2.05) is 0 Å². The summed E-state index contributed by atoms with van der Waals surface area (Å²) in [6, 6.07) is 6.46. The van der Waals surface area contributed by atoms with Gasteiger partial charge < -0.3 is 14.8 Å². The van der Waals surface area contributed by atoms with Crippen LogP contribution in [0.15, 0.2) is 24.3 Å². The van der Waals surface area contributed by atoms with Crippen molar-refractivity contribution in [1.29, 1.82) is 0 Å². The molecule has 1 aromatic carbocycles. The Morgan fingerprint density at radius 2 is 2.05 bits per heavy atom. The van der Waals surface area contributed by atoms with Crippen molar-refractivity contribution >= 4 is 17.7 Å². The SMILES string of the molecule is COc1ccc(CC(=O)CC(=O)N[C@@H]2CCOC2=O)cc1. The molecule has 0 aromatic heterocycles. The molecular formula is C15H17NO5. The largest absolute Gasteiger partial charge is 0.497 e. The highest BCUT2D eigenvalue weighted by Crippen LogP contribution is 2.12. The maximum Gasteiger partial charge on any atom is 0.328 e. The van der Waals surface area contributed by atoms with Gasteiger partial charge in [0.15, 0.2) is 0 Å². The molecule has 1 fully saturated rings. The molecule has 1 N–H and O–H groups in total. The van der Waals surface area contributed by atoms with Crippen LogP contribution in [-0.2, 0) is 25.5 Å². The van der Waals surface area contributed by atoms with Crippen LogP contribution in [0.4, 0.5) is 0 Å². The van der Waals surface area contributed by atoms with E-state index in [-0.39, 0.29) is 18.6 Å². The first-order valence-electron chi connectivity index (χ1n) is 6.69. The minimum atomic E-state index is -0.619. The van der Waals surface area contributed by atoms with Gasteiger partial charge in [-0.3, -0.25) is 9.59 Å². The molecule has 1 saturated heterocycles. The fourth-order valence-corrected chi connectivity index (χ4v) is 2.08.